The highest BCUT2D eigenvalue weighted by Gasteiger charge is 2.21. The molecule has 0 radical (unpaired) electrons. The fraction of sp³-hybridized carbons (Fsp3) is 0.160. The Morgan fingerprint density at radius 1 is 0.844 bits per heavy atom. The van der Waals surface area contributed by atoms with Crippen molar-refractivity contribution in [3.63, 3.8) is 0 Å². The number of ether oxygens (including phenoxy) is 2. The molecular weight excluding hydrogens is 402 g/mol. The third-order valence-electron chi connectivity index (χ3n) is 5.50. The molecule has 0 saturated heterocycles. The van der Waals surface area contributed by atoms with Crippen LogP contribution >= 0.6 is 0 Å². The van der Waals surface area contributed by atoms with Gasteiger partial charge in [-0.05, 0) is 50.2 Å². The van der Waals surface area contributed by atoms with Crippen molar-refractivity contribution in [3.8, 4) is 39.6 Å². The SMILES string of the molecule is COc1cc(-n2cccn2)ccc1-c1c(C)nn2c(-c3ccccc3OC)cc(C)nc12. The molecule has 160 valence electrons. The van der Waals surface area contributed by atoms with Crippen molar-refractivity contribution in [3.05, 3.63) is 78.4 Å². The van der Waals surface area contributed by atoms with Gasteiger partial charge < -0.3 is 9.47 Å². The lowest BCUT2D eigenvalue weighted by molar-refractivity contribution is 0.416. The van der Waals surface area contributed by atoms with Gasteiger partial charge in [0.2, 0.25) is 0 Å². The number of aromatic nitrogens is 5. The fourth-order valence-electron chi connectivity index (χ4n) is 4.06. The molecule has 0 unspecified atom stereocenters. The van der Waals surface area contributed by atoms with Gasteiger partial charge in [-0.1, -0.05) is 12.1 Å². The second-order valence-electron chi connectivity index (χ2n) is 7.51. The van der Waals surface area contributed by atoms with Crippen LogP contribution in [0.15, 0.2) is 67.0 Å². The van der Waals surface area contributed by atoms with Crippen LogP contribution in [-0.2, 0) is 0 Å². The summed E-state index contributed by atoms with van der Waals surface area (Å²) in [6.45, 7) is 3.98. The molecule has 7 nitrogen and oxygen atoms in total. The van der Waals surface area contributed by atoms with Crippen molar-refractivity contribution < 1.29 is 9.47 Å². The van der Waals surface area contributed by atoms with Crippen LogP contribution in [0.4, 0.5) is 0 Å². The lowest BCUT2D eigenvalue weighted by Crippen LogP contribution is -2.00. The first kappa shape index (κ1) is 19.8. The average Bonchev–Trinajstić information content (AvgIpc) is 3.46. The van der Waals surface area contributed by atoms with E-state index in [2.05, 4.69) is 5.10 Å². The summed E-state index contributed by atoms with van der Waals surface area (Å²) < 4.78 is 15.1. The van der Waals surface area contributed by atoms with Crippen LogP contribution in [0, 0.1) is 13.8 Å². The van der Waals surface area contributed by atoms with Crippen LogP contribution < -0.4 is 9.47 Å². The predicted octanol–water partition coefficient (Wildman–Crippen LogP) is 4.88. The second-order valence-corrected chi connectivity index (χ2v) is 7.51. The molecule has 0 aliphatic heterocycles. The Bertz CT molecular complexity index is 1420. The van der Waals surface area contributed by atoms with Crippen molar-refractivity contribution in [1.29, 1.82) is 0 Å². The zero-order valence-corrected chi connectivity index (χ0v) is 18.4. The summed E-state index contributed by atoms with van der Waals surface area (Å²) in [5.41, 5.74) is 7.20. The number of fused-ring (bicyclic) bond motifs is 1. The number of hydrogen-bond donors (Lipinski definition) is 0. The molecule has 32 heavy (non-hydrogen) atoms. The number of methoxy groups -OCH3 is 2. The highest BCUT2D eigenvalue weighted by atomic mass is 16.5. The summed E-state index contributed by atoms with van der Waals surface area (Å²) in [7, 11) is 3.35. The molecule has 0 aliphatic rings. The first-order chi connectivity index (χ1) is 15.6. The van der Waals surface area contributed by atoms with Gasteiger partial charge in [0, 0.05) is 35.3 Å². The smallest absolute Gasteiger partial charge is 0.164 e. The van der Waals surface area contributed by atoms with Crippen LogP contribution in [-0.4, -0.2) is 38.6 Å². The van der Waals surface area contributed by atoms with E-state index in [0.717, 1.165) is 56.6 Å². The van der Waals surface area contributed by atoms with Crippen LogP contribution in [0.1, 0.15) is 11.4 Å². The summed E-state index contributed by atoms with van der Waals surface area (Å²) >= 11 is 0. The maximum atomic E-state index is 5.77. The average molecular weight is 425 g/mol. The first-order valence-electron chi connectivity index (χ1n) is 10.3. The normalized spacial score (nSPS) is 11.1. The largest absolute Gasteiger partial charge is 0.496 e. The van der Waals surface area contributed by atoms with E-state index >= 15 is 0 Å². The number of hydrogen-bond acceptors (Lipinski definition) is 5. The molecule has 7 heteroatoms. The van der Waals surface area contributed by atoms with Gasteiger partial charge >= 0.3 is 0 Å². The summed E-state index contributed by atoms with van der Waals surface area (Å²) in [4.78, 5) is 4.85. The maximum Gasteiger partial charge on any atom is 0.164 e. The van der Waals surface area contributed by atoms with E-state index in [1.807, 2.05) is 79.2 Å². The molecule has 0 aliphatic carbocycles. The number of rotatable bonds is 5. The predicted molar refractivity (Wildman–Crippen MR) is 124 cm³/mol. The summed E-state index contributed by atoms with van der Waals surface area (Å²) in [5.74, 6) is 1.52. The van der Waals surface area contributed by atoms with E-state index in [-0.39, 0.29) is 0 Å². The first-order valence-corrected chi connectivity index (χ1v) is 10.3. The Hall–Kier alpha value is -4.13. The fourth-order valence-corrected chi connectivity index (χ4v) is 4.06. The minimum atomic E-state index is 0.734. The van der Waals surface area contributed by atoms with Crippen LogP contribution in [0.25, 0.3) is 33.7 Å². The molecule has 0 atom stereocenters. The van der Waals surface area contributed by atoms with Crippen LogP contribution in [0.2, 0.25) is 0 Å². The Labute approximate surface area is 185 Å². The van der Waals surface area contributed by atoms with Gasteiger partial charge in [-0.25, -0.2) is 14.2 Å². The summed E-state index contributed by atoms with van der Waals surface area (Å²) in [6.07, 6.45) is 3.65. The molecule has 5 rings (SSSR count). The van der Waals surface area contributed by atoms with Gasteiger partial charge in [-0.2, -0.15) is 10.2 Å². The van der Waals surface area contributed by atoms with Crippen molar-refractivity contribution in [1.82, 2.24) is 24.4 Å². The third-order valence-corrected chi connectivity index (χ3v) is 5.50. The molecule has 3 aromatic heterocycles. The third kappa shape index (κ3) is 3.19. The van der Waals surface area contributed by atoms with E-state index in [0.29, 0.717) is 0 Å². The zero-order valence-electron chi connectivity index (χ0n) is 18.4. The minimum Gasteiger partial charge on any atom is -0.496 e. The Kier molecular flexibility index (Phi) is 4.86. The molecule has 0 saturated carbocycles. The number of benzene rings is 2. The Morgan fingerprint density at radius 3 is 2.41 bits per heavy atom. The quantitative estimate of drug-likeness (QED) is 0.401. The molecule has 0 fully saturated rings. The monoisotopic (exact) mass is 425 g/mol. The highest BCUT2D eigenvalue weighted by Crippen LogP contribution is 2.38. The maximum absolute atomic E-state index is 5.77. The van der Waals surface area contributed by atoms with E-state index in [9.17, 15) is 0 Å². The standard InChI is InChI=1S/C25H23N5O2/c1-16-14-21(19-8-5-6-9-22(19)31-3)30-25(27-16)24(17(2)28-30)20-11-10-18(15-23(20)32-4)29-13-7-12-26-29/h5-15H,1-4H3. The summed E-state index contributed by atoms with van der Waals surface area (Å²) in [5, 5.41) is 9.17. The van der Waals surface area contributed by atoms with Crippen molar-refractivity contribution in [2.45, 2.75) is 13.8 Å². The number of aryl methyl sites for hydroxylation is 2. The van der Waals surface area contributed by atoms with Crippen molar-refractivity contribution >= 4 is 5.65 Å². The molecule has 0 N–H and O–H groups in total. The van der Waals surface area contributed by atoms with E-state index in [1.165, 1.54) is 0 Å². The molecule has 0 amide bonds. The number of nitrogens with zero attached hydrogens (tertiary/aromatic N) is 5. The molecule has 0 spiro atoms. The van der Waals surface area contributed by atoms with Gasteiger partial charge in [-0.3, -0.25) is 0 Å². The van der Waals surface area contributed by atoms with Crippen molar-refractivity contribution in [2.24, 2.45) is 0 Å². The Morgan fingerprint density at radius 2 is 1.66 bits per heavy atom. The van der Waals surface area contributed by atoms with Gasteiger partial charge in [0.25, 0.3) is 0 Å². The van der Waals surface area contributed by atoms with E-state index in [4.69, 9.17) is 19.6 Å². The topological polar surface area (TPSA) is 66.5 Å². The molecule has 5 aromatic rings. The van der Waals surface area contributed by atoms with Gasteiger partial charge in [0.15, 0.2) is 5.65 Å². The van der Waals surface area contributed by atoms with Crippen LogP contribution in [0.3, 0.4) is 0 Å². The van der Waals surface area contributed by atoms with Gasteiger partial charge in [0.1, 0.15) is 11.5 Å². The highest BCUT2D eigenvalue weighted by molar-refractivity contribution is 5.86. The van der Waals surface area contributed by atoms with Gasteiger partial charge in [0.05, 0.1) is 36.9 Å². The molecule has 3 heterocycles. The van der Waals surface area contributed by atoms with Crippen LogP contribution in [0.5, 0.6) is 11.5 Å². The van der Waals surface area contributed by atoms with E-state index in [1.54, 1.807) is 25.1 Å². The second kappa shape index (κ2) is 7.85. The number of para-hydroxylation sites is 1. The lowest BCUT2D eigenvalue weighted by atomic mass is 10.0. The Balaban J connectivity index is 1.75. The minimum absolute atomic E-state index is 0.734. The van der Waals surface area contributed by atoms with Crippen molar-refractivity contribution in [2.75, 3.05) is 14.2 Å². The van der Waals surface area contributed by atoms with E-state index < -0.39 is 0 Å². The lowest BCUT2D eigenvalue weighted by Gasteiger charge is -2.12. The molecular formula is C25H23N5O2. The van der Waals surface area contributed by atoms with Gasteiger partial charge in [-0.15, -0.1) is 0 Å². The molecule has 0 bridgehead atoms. The molecule has 2 aromatic carbocycles. The zero-order chi connectivity index (χ0) is 22.2. The summed E-state index contributed by atoms with van der Waals surface area (Å²) in [6, 6.07) is 17.9.